The molecule has 0 heterocycles. The zero-order chi connectivity index (χ0) is 15.7. The summed E-state index contributed by atoms with van der Waals surface area (Å²) in [5.41, 5.74) is 7.02. The van der Waals surface area contributed by atoms with E-state index in [-0.39, 0.29) is 5.91 Å². The molecule has 0 aliphatic rings. The van der Waals surface area contributed by atoms with Crippen LogP contribution in [0.2, 0.25) is 0 Å². The minimum atomic E-state index is -0.102. The van der Waals surface area contributed by atoms with Gasteiger partial charge in [-0.15, -0.1) is 0 Å². The van der Waals surface area contributed by atoms with E-state index in [0.29, 0.717) is 30.2 Å². The Kier molecular flexibility index (Phi) is 7.61. The van der Waals surface area contributed by atoms with Crippen LogP contribution in [-0.2, 0) is 0 Å². The predicted octanol–water partition coefficient (Wildman–Crippen LogP) is 2.13. The van der Waals surface area contributed by atoms with Gasteiger partial charge in [0.15, 0.2) is 0 Å². The fraction of sp³-hybridized carbons (Fsp3) is 0.562. The maximum atomic E-state index is 12.0. The highest BCUT2D eigenvalue weighted by Gasteiger charge is 2.09. The van der Waals surface area contributed by atoms with E-state index in [0.717, 1.165) is 25.8 Å². The molecule has 1 aromatic carbocycles. The molecule has 0 unspecified atom stereocenters. The third kappa shape index (κ3) is 6.49. The lowest BCUT2D eigenvalue weighted by atomic mass is 10.1. The first-order chi connectivity index (χ1) is 10.0. The average Bonchev–Trinajstić information content (AvgIpc) is 2.44. The molecule has 5 heteroatoms. The molecule has 0 fully saturated rings. The number of carbonyl (C=O) groups is 1. The second kappa shape index (κ2) is 9.23. The molecule has 1 amide bonds. The fourth-order valence-electron chi connectivity index (χ4n) is 1.83. The van der Waals surface area contributed by atoms with Gasteiger partial charge in [0.2, 0.25) is 0 Å². The predicted molar refractivity (Wildman–Crippen MR) is 86.8 cm³/mol. The van der Waals surface area contributed by atoms with Crippen molar-refractivity contribution in [2.24, 2.45) is 0 Å². The fourth-order valence-corrected chi connectivity index (χ4v) is 1.83. The summed E-state index contributed by atoms with van der Waals surface area (Å²) in [6, 6.07) is 5.15. The molecule has 0 radical (unpaired) electrons. The SMILES string of the molecule is CCCCCOc1cc(C(=O)NCCN(C)C)ccc1N. The van der Waals surface area contributed by atoms with Gasteiger partial charge >= 0.3 is 0 Å². The van der Waals surface area contributed by atoms with Crippen molar-refractivity contribution in [2.75, 3.05) is 39.5 Å². The summed E-state index contributed by atoms with van der Waals surface area (Å²) in [5.74, 6) is 0.488. The van der Waals surface area contributed by atoms with Crippen molar-refractivity contribution in [1.29, 1.82) is 0 Å². The topological polar surface area (TPSA) is 67.6 Å². The second-order valence-corrected chi connectivity index (χ2v) is 5.37. The van der Waals surface area contributed by atoms with Crippen molar-refractivity contribution >= 4 is 11.6 Å². The molecule has 0 aliphatic carbocycles. The molecule has 0 saturated carbocycles. The molecule has 0 spiro atoms. The molecular weight excluding hydrogens is 266 g/mol. The van der Waals surface area contributed by atoms with Crippen LogP contribution in [0.4, 0.5) is 5.69 Å². The van der Waals surface area contributed by atoms with Gasteiger partial charge in [-0.25, -0.2) is 0 Å². The second-order valence-electron chi connectivity index (χ2n) is 5.37. The molecule has 1 aromatic rings. The number of carbonyl (C=O) groups excluding carboxylic acids is 1. The number of rotatable bonds is 9. The number of unbranched alkanes of at least 4 members (excludes halogenated alkanes) is 2. The lowest BCUT2D eigenvalue weighted by Gasteiger charge is -2.12. The van der Waals surface area contributed by atoms with Gasteiger partial charge in [0.25, 0.3) is 5.91 Å². The third-order valence-electron chi connectivity index (χ3n) is 3.13. The highest BCUT2D eigenvalue weighted by Crippen LogP contribution is 2.23. The Morgan fingerprint density at radius 3 is 2.76 bits per heavy atom. The van der Waals surface area contributed by atoms with Gasteiger partial charge in [-0.2, -0.15) is 0 Å². The molecule has 0 aliphatic heterocycles. The van der Waals surface area contributed by atoms with Crippen molar-refractivity contribution in [3.8, 4) is 5.75 Å². The first-order valence-electron chi connectivity index (χ1n) is 7.49. The summed E-state index contributed by atoms with van der Waals surface area (Å²) in [5, 5.41) is 2.88. The molecule has 0 aromatic heterocycles. The molecule has 21 heavy (non-hydrogen) atoms. The normalized spacial score (nSPS) is 10.7. The van der Waals surface area contributed by atoms with E-state index in [1.54, 1.807) is 18.2 Å². The summed E-state index contributed by atoms with van der Waals surface area (Å²) < 4.78 is 5.66. The molecule has 0 atom stereocenters. The molecular formula is C16H27N3O2. The maximum Gasteiger partial charge on any atom is 0.251 e. The number of likely N-dealkylation sites (N-methyl/N-ethyl adjacent to an activating group) is 1. The lowest BCUT2D eigenvalue weighted by molar-refractivity contribution is 0.0950. The number of nitrogens with zero attached hydrogens (tertiary/aromatic N) is 1. The molecule has 118 valence electrons. The van der Waals surface area contributed by atoms with Crippen LogP contribution in [0.1, 0.15) is 36.5 Å². The molecule has 5 nitrogen and oxygen atoms in total. The summed E-state index contributed by atoms with van der Waals surface area (Å²) in [6.45, 7) is 4.20. The van der Waals surface area contributed by atoms with Gasteiger partial charge in [0.1, 0.15) is 5.75 Å². The van der Waals surface area contributed by atoms with Crippen molar-refractivity contribution < 1.29 is 9.53 Å². The van der Waals surface area contributed by atoms with Crippen LogP contribution in [0.3, 0.4) is 0 Å². The highest BCUT2D eigenvalue weighted by molar-refractivity contribution is 5.95. The molecule has 0 bridgehead atoms. The average molecular weight is 293 g/mol. The van der Waals surface area contributed by atoms with E-state index in [2.05, 4.69) is 12.2 Å². The van der Waals surface area contributed by atoms with Crippen molar-refractivity contribution in [3.05, 3.63) is 23.8 Å². The van der Waals surface area contributed by atoms with E-state index in [1.165, 1.54) is 0 Å². The molecule has 0 saturated heterocycles. The van der Waals surface area contributed by atoms with E-state index < -0.39 is 0 Å². The number of nitrogen functional groups attached to an aromatic ring is 1. The van der Waals surface area contributed by atoms with Gasteiger partial charge in [0.05, 0.1) is 12.3 Å². The Labute approximate surface area is 127 Å². The summed E-state index contributed by atoms with van der Waals surface area (Å²) in [4.78, 5) is 14.1. The van der Waals surface area contributed by atoms with Crippen LogP contribution >= 0.6 is 0 Å². The van der Waals surface area contributed by atoms with Gasteiger partial charge in [-0.1, -0.05) is 19.8 Å². The Balaban J connectivity index is 2.56. The summed E-state index contributed by atoms with van der Waals surface area (Å²) in [7, 11) is 3.94. The van der Waals surface area contributed by atoms with Crippen LogP contribution in [-0.4, -0.2) is 44.6 Å². The largest absolute Gasteiger partial charge is 0.491 e. The number of anilines is 1. The van der Waals surface area contributed by atoms with Crippen molar-refractivity contribution in [2.45, 2.75) is 26.2 Å². The Hall–Kier alpha value is -1.75. The molecule has 3 N–H and O–H groups in total. The number of benzene rings is 1. The van der Waals surface area contributed by atoms with Crippen molar-refractivity contribution in [1.82, 2.24) is 10.2 Å². The number of nitrogens with one attached hydrogen (secondary N) is 1. The van der Waals surface area contributed by atoms with E-state index in [9.17, 15) is 4.79 Å². The van der Waals surface area contributed by atoms with Crippen LogP contribution in [0.15, 0.2) is 18.2 Å². The number of hydrogen-bond donors (Lipinski definition) is 2. The van der Waals surface area contributed by atoms with Gasteiger partial charge in [-0.05, 0) is 38.7 Å². The van der Waals surface area contributed by atoms with E-state index in [1.807, 2.05) is 19.0 Å². The van der Waals surface area contributed by atoms with Crippen LogP contribution < -0.4 is 15.8 Å². The quantitative estimate of drug-likeness (QED) is 0.540. The Morgan fingerprint density at radius 1 is 1.33 bits per heavy atom. The number of hydrogen-bond acceptors (Lipinski definition) is 4. The monoisotopic (exact) mass is 293 g/mol. The Morgan fingerprint density at radius 2 is 2.10 bits per heavy atom. The van der Waals surface area contributed by atoms with Crippen LogP contribution in [0, 0.1) is 0 Å². The summed E-state index contributed by atoms with van der Waals surface area (Å²) in [6.07, 6.45) is 3.27. The van der Waals surface area contributed by atoms with E-state index in [4.69, 9.17) is 10.5 Å². The number of ether oxygens (including phenoxy) is 1. The summed E-state index contributed by atoms with van der Waals surface area (Å²) >= 11 is 0. The number of amides is 1. The first-order valence-corrected chi connectivity index (χ1v) is 7.49. The minimum absolute atomic E-state index is 0.102. The van der Waals surface area contributed by atoms with Gasteiger partial charge < -0.3 is 20.7 Å². The van der Waals surface area contributed by atoms with Crippen LogP contribution in [0.25, 0.3) is 0 Å². The first kappa shape index (κ1) is 17.3. The van der Waals surface area contributed by atoms with E-state index >= 15 is 0 Å². The molecule has 1 rings (SSSR count). The van der Waals surface area contributed by atoms with Crippen molar-refractivity contribution in [3.63, 3.8) is 0 Å². The highest BCUT2D eigenvalue weighted by atomic mass is 16.5. The zero-order valence-electron chi connectivity index (χ0n) is 13.3. The van der Waals surface area contributed by atoms with Gasteiger partial charge in [-0.3, -0.25) is 4.79 Å². The maximum absolute atomic E-state index is 12.0. The third-order valence-corrected chi connectivity index (χ3v) is 3.13. The standard InChI is InChI=1S/C16H27N3O2/c1-4-5-6-11-21-15-12-13(7-8-14(15)17)16(20)18-9-10-19(2)3/h7-8,12H,4-6,9-11,17H2,1-3H3,(H,18,20). The number of nitrogens with two attached hydrogens (primary N) is 1. The van der Waals surface area contributed by atoms with Gasteiger partial charge in [0, 0.05) is 18.7 Å². The smallest absolute Gasteiger partial charge is 0.251 e. The zero-order valence-corrected chi connectivity index (χ0v) is 13.3. The van der Waals surface area contributed by atoms with Crippen LogP contribution in [0.5, 0.6) is 5.75 Å². The Bertz CT molecular complexity index is 447. The lowest BCUT2D eigenvalue weighted by Crippen LogP contribution is -2.31. The minimum Gasteiger partial charge on any atom is -0.491 e.